The lowest BCUT2D eigenvalue weighted by Gasteiger charge is -2.36. The van der Waals surface area contributed by atoms with Gasteiger partial charge in [-0.1, -0.05) is 24.3 Å². The zero-order chi connectivity index (χ0) is 21.0. The quantitative estimate of drug-likeness (QED) is 0.629. The highest BCUT2D eigenvalue weighted by Crippen LogP contribution is 2.34. The molecule has 30 heavy (non-hydrogen) atoms. The van der Waals surface area contributed by atoms with Crippen LogP contribution in [0.3, 0.4) is 0 Å². The molecule has 1 amide bonds. The van der Waals surface area contributed by atoms with Crippen LogP contribution in [0.4, 0.5) is 11.4 Å². The fourth-order valence-electron chi connectivity index (χ4n) is 3.23. The number of fused-ring (bicyclic) bond motifs is 1. The number of hydrogen-bond donors (Lipinski definition) is 2. The highest BCUT2D eigenvalue weighted by molar-refractivity contribution is 6.05. The Bertz CT molecular complexity index is 1040. The molecule has 0 saturated heterocycles. The van der Waals surface area contributed by atoms with E-state index in [1.165, 1.54) is 0 Å². The largest absolute Gasteiger partial charge is 0.497 e. The van der Waals surface area contributed by atoms with Crippen molar-refractivity contribution < 1.29 is 19.0 Å². The Labute approximate surface area is 175 Å². The normalized spacial score (nSPS) is 17.1. The summed E-state index contributed by atoms with van der Waals surface area (Å²) in [4.78, 5) is 12.7. The van der Waals surface area contributed by atoms with Crippen LogP contribution in [0, 0.1) is 0 Å². The Morgan fingerprint density at radius 3 is 2.67 bits per heavy atom. The maximum absolute atomic E-state index is 12.7. The van der Waals surface area contributed by atoms with Gasteiger partial charge in [0, 0.05) is 17.3 Å². The molecule has 6 nitrogen and oxygen atoms in total. The number of nitrogens with one attached hydrogen (secondary N) is 2. The van der Waals surface area contributed by atoms with Crippen molar-refractivity contribution >= 4 is 17.3 Å². The van der Waals surface area contributed by atoms with Crippen molar-refractivity contribution in [1.82, 2.24) is 0 Å². The number of carbonyl (C=O) groups is 1. The van der Waals surface area contributed by atoms with Gasteiger partial charge in [0.15, 0.2) is 0 Å². The van der Waals surface area contributed by atoms with E-state index in [1.807, 2.05) is 55.5 Å². The van der Waals surface area contributed by atoms with Gasteiger partial charge in [-0.3, -0.25) is 4.79 Å². The first-order chi connectivity index (χ1) is 14.5. The number of hydrogen-bond acceptors (Lipinski definition) is 5. The van der Waals surface area contributed by atoms with Gasteiger partial charge < -0.3 is 24.8 Å². The molecule has 0 saturated carbocycles. The molecule has 2 N–H and O–H groups in total. The standard InChI is InChI=1S/C24H24N2O4/c1-24(15-29-19-8-4-3-5-9-19)16-30-22-12-11-17(13-21(22)26-24)23(27)25-18-7-6-10-20(14-18)28-2/h3-14,26H,15-16H2,1-2H3,(H,25,27). The Balaban J connectivity index is 1.46. The summed E-state index contributed by atoms with van der Waals surface area (Å²) >= 11 is 0. The van der Waals surface area contributed by atoms with Crippen LogP contribution < -0.4 is 24.8 Å². The molecule has 6 heteroatoms. The second-order valence-corrected chi connectivity index (χ2v) is 7.47. The average molecular weight is 404 g/mol. The van der Waals surface area contributed by atoms with E-state index in [4.69, 9.17) is 14.2 Å². The van der Waals surface area contributed by atoms with Crippen molar-refractivity contribution in [2.45, 2.75) is 12.5 Å². The molecule has 0 radical (unpaired) electrons. The topological polar surface area (TPSA) is 68.8 Å². The number of anilines is 2. The van der Waals surface area contributed by atoms with Crippen LogP contribution in [0.5, 0.6) is 17.2 Å². The molecule has 0 aliphatic carbocycles. The Kier molecular flexibility index (Phi) is 5.48. The number of methoxy groups -OCH3 is 1. The molecule has 0 aromatic heterocycles. The fraction of sp³-hybridized carbons (Fsp3) is 0.208. The minimum Gasteiger partial charge on any atom is -0.497 e. The second-order valence-electron chi connectivity index (χ2n) is 7.47. The van der Waals surface area contributed by atoms with Crippen molar-refractivity contribution in [3.05, 3.63) is 78.4 Å². The minimum absolute atomic E-state index is 0.208. The third-order valence-electron chi connectivity index (χ3n) is 4.85. The maximum atomic E-state index is 12.7. The van der Waals surface area contributed by atoms with Crippen molar-refractivity contribution in [3.63, 3.8) is 0 Å². The zero-order valence-corrected chi connectivity index (χ0v) is 17.0. The van der Waals surface area contributed by atoms with E-state index >= 15 is 0 Å². The highest BCUT2D eigenvalue weighted by atomic mass is 16.5. The molecule has 0 bridgehead atoms. The van der Waals surface area contributed by atoms with Crippen LogP contribution >= 0.6 is 0 Å². The molecule has 0 fully saturated rings. The molecule has 1 heterocycles. The first-order valence-corrected chi connectivity index (χ1v) is 9.73. The van der Waals surface area contributed by atoms with Crippen LogP contribution in [0.1, 0.15) is 17.3 Å². The van der Waals surface area contributed by atoms with E-state index in [1.54, 1.807) is 31.4 Å². The fourth-order valence-corrected chi connectivity index (χ4v) is 3.23. The molecule has 1 aliphatic rings. The monoisotopic (exact) mass is 404 g/mol. The molecule has 1 atom stereocenters. The van der Waals surface area contributed by atoms with Crippen molar-refractivity contribution in [2.24, 2.45) is 0 Å². The zero-order valence-electron chi connectivity index (χ0n) is 17.0. The van der Waals surface area contributed by atoms with Gasteiger partial charge in [-0.2, -0.15) is 0 Å². The Hall–Kier alpha value is -3.67. The van der Waals surface area contributed by atoms with Crippen LogP contribution in [0.15, 0.2) is 72.8 Å². The summed E-state index contributed by atoms with van der Waals surface area (Å²) in [6.07, 6.45) is 0. The summed E-state index contributed by atoms with van der Waals surface area (Å²) in [5.74, 6) is 1.99. The highest BCUT2D eigenvalue weighted by Gasteiger charge is 2.32. The lowest BCUT2D eigenvalue weighted by molar-refractivity contribution is 0.102. The number of rotatable bonds is 6. The lowest BCUT2D eigenvalue weighted by Crippen LogP contribution is -2.48. The molecule has 154 valence electrons. The van der Waals surface area contributed by atoms with E-state index in [0.717, 1.165) is 11.4 Å². The van der Waals surface area contributed by atoms with E-state index in [-0.39, 0.29) is 5.91 Å². The molecule has 3 aromatic rings. The molecule has 4 rings (SSSR count). The molecule has 0 spiro atoms. The van der Waals surface area contributed by atoms with Crippen molar-refractivity contribution in [3.8, 4) is 17.2 Å². The number of benzene rings is 3. The van der Waals surface area contributed by atoms with Gasteiger partial charge >= 0.3 is 0 Å². The summed E-state index contributed by atoms with van der Waals surface area (Å²) < 4.78 is 17.0. The molecule has 1 unspecified atom stereocenters. The van der Waals surface area contributed by atoms with Gasteiger partial charge in [0.1, 0.15) is 36.0 Å². The summed E-state index contributed by atoms with van der Waals surface area (Å²) in [7, 11) is 1.59. The summed E-state index contributed by atoms with van der Waals surface area (Å²) in [6, 6.07) is 22.3. The number of para-hydroxylation sites is 1. The third kappa shape index (κ3) is 4.49. The van der Waals surface area contributed by atoms with E-state index < -0.39 is 5.54 Å². The van der Waals surface area contributed by atoms with Crippen LogP contribution in [-0.2, 0) is 0 Å². The van der Waals surface area contributed by atoms with Crippen molar-refractivity contribution in [2.75, 3.05) is 31.0 Å². The number of carbonyl (C=O) groups excluding carboxylic acids is 1. The SMILES string of the molecule is COc1cccc(NC(=O)c2ccc3c(c2)NC(C)(COc2ccccc2)CO3)c1. The van der Waals surface area contributed by atoms with Crippen LogP contribution in [-0.4, -0.2) is 31.8 Å². The van der Waals surface area contributed by atoms with Gasteiger partial charge in [-0.25, -0.2) is 0 Å². The second kappa shape index (κ2) is 8.37. The van der Waals surface area contributed by atoms with Gasteiger partial charge in [0.25, 0.3) is 5.91 Å². The van der Waals surface area contributed by atoms with Gasteiger partial charge in [0.2, 0.25) is 0 Å². The Morgan fingerprint density at radius 2 is 1.87 bits per heavy atom. The van der Waals surface area contributed by atoms with Gasteiger partial charge in [-0.05, 0) is 49.4 Å². The predicted molar refractivity (Wildman–Crippen MR) is 117 cm³/mol. The molecular weight excluding hydrogens is 380 g/mol. The van der Waals surface area contributed by atoms with Crippen LogP contribution in [0.25, 0.3) is 0 Å². The third-order valence-corrected chi connectivity index (χ3v) is 4.85. The smallest absolute Gasteiger partial charge is 0.255 e. The van der Waals surface area contributed by atoms with Crippen LogP contribution in [0.2, 0.25) is 0 Å². The molecule has 1 aliphatic heterocycles. The molecular formula is C24H24N2O4. The average Bonchev–Trinajstić information content (AvgIpc) is 2.78. The van der Waals surface area contributed by atoms with E-state index in [2.05, 4.69) is 10.6 Å². The summed E-state index contributed by atoms with van der Waals surface area (Å²) in [6.45, 7) is 2.92. The minimum atomic E-state index is -0.426. The Morgan fingerprint density at radius 1 is 1.07 bits per heavy atom. The number of amides is 1. The first-order valence-electron chi connectivity index (χ1n) is 9.73. The van der Waals surface area contributed by atoms with E-state index in [0.29, 0.717) is 36.0 Å². The number of ether oxygens (including phenoxy) is 3. The van der Waals surface area contributed by atoms with Gasteiger partial charge in [-0.15, -0.1) is 0 Å². The lowest BCUT2D eigenvalue weighted by atomic mass is 10.0. The van der Waals surface area contributed by atoms with Gasteiger partial charge in [0.05, 0.1) is 12.8 Å². The van der Waals surface area contributed by atoms with E-state index in [9.17, 15) is 4.79 Å². The first kappa shape index (κ1) is 19.6. The molecule has 3 aromatic carbocycles. The maximum Gasteiger partial charge on any atom is 0.255 e. The van der Waals surface area contributed by atoms with Crippen molar-refractivity contribution in [1.29, 1.82) is 0 Å². The summed E-state index contributed by atoms with van der Waals surface area (Å²) in [5.41, 5.74) is 1.53. The predicted octanol–water partition coefficient (Wildman–Crippen LogP) is 4.59. The summed E-state index contributed by atoms with van der Waals surface area (Å²) in [5, 5.41) is 6.37.